The first-order valence-corrected chi connectivity index (χ1v) is 13.3. The predicted molar refractivity (Wildman–Crippen MR) is 47.6 cm³/mol. The Labute approximate surface area is 88.3 Å². The Kier molecular flexibility index (Phi) is 4.70. The fraction of sp³-hybridized carbons (Fsp3) is 0.111. The van der Waals surface area contributed by atoms with Crippen LogP contribution in [0, 0.1) is 0 Å². The molecule has 0 amide bonds. The maximum absolute atomic E-state index is 5.93. The van der Waals surface area contributed by atoms with E-state index in [-0.39, 0.29) is 0 Å². The van der Waals surface area contributed by atoms with E-state index in [1.54, 1.807) is 6.08 Å². The summed E-state index contributed by atoms with van der Waals surface area (Å²) >= 11 is -1.33. The van der Waals surface area contributed by atoms with Gasteiger partial charge in [0.25, 0.3) is 0 Å². The van der Waals surface area contributed by atoms with Crippen LogP contribution in [0.25, 0.3) is 0 Å². The zero-order valence-electron chi connectivity index (χ0n) is 6.79. The van der Waals surface area contributed by atoms with Crippen molar-refractivity contribution in [3.8, 4) is 5.75 Å². The Morgan fingerprint density at radius 1 is 1.50 bits per heavy atom. The van der Waals surface area contributed by atoms with Gasteiger partial charge in [0.15, 0.2) is 0 Å². The third kappa shape index (κ3) is 2.79. The van der Waals surface area contributed by atoms with Crippen molar-refractivity contribution in [3.05, 3.63) is 36.9 Å². The number of hydrogen-bond acceptors (Lipinski definition) is 1. The van der Waals surface area contributed by atoms with E-state index in [0.29, 0.717) is 6.61 Å². The van der Waals surface area contributed by atoms with E-state index >= 15 is 0 Å². The molecule has 0 fully saturated rings. The zero-order valence-corrected chi connectivity index (χ0v) is 13.0. The summed E-state index contributed by atoms with van der Waals surface area (Å²) in [7, 11) is 5.93. The van der Waals surface area contributed by atoms with Gasteiger partial charge in [-0.25, -0.2) is 0 Å². The second-order valence-electron chi connectivity index (χ2n) is 2.34. The van der Waals surface area contributed by atoms with Crippen LogP contribution in [0.15, 0.2) is 36.9 Å². The molecule has 0 N–H and O–H groups in total. The predicted octanol–water partition coefficient (Wildman–Crippen LogP) is 2.11. The molecule has 0 radical (unpaired) electrons. The molecule has 0 saturated heterocycles. The average Bonchev–Trinajstić information content (AvgIpc) is 2.15. The summed E-state index contributed by atoms with van der Waals surface area (Å²) in [5.41, 5.74) is 0. The van der Waals surface area contributed by atoms with Crippen molar-refractivity contribution in [2.45, 2.75) is 0 Å². The molecule has 0 spiro atoms. The van der Waals surface area contributed by atoms with Crippen molar-refractivity contribution < 1.29 is 28.1 Å². The molecule has 0 saturated carbocycles. The minimum absolute atomic E-state index is 0.557. The van der Waals surface area contributed by atoms with Gasteiger partial charge in [0.1, 0.15) is 0 Å². The molecule has 60 valence electrons. The fourth-order valence-electron chi connectivity index (χ4n) is 0.904. The van der Waals surface area contributed by atoms with E-state index in [4.69, 9.17) is 13.0 Å². The van der Waals surface area contributed by atoms with Crippen molar-refractivity contribution in [2.75, 3.05) is 6.61 Å². The van der Waals surface area contributed by atoms with Crippen LogP contribution in [0.3, 0.4) is 0 Å². The molecule has 0 atom stereocenters. The van der Waals surface area contributed by atoms with Gasteiger partial charge < -0.3 is 0 Å². The Bertz CT molecular complexity index is 262. The molecule has 1 rings (SSSR count). The first kappa shape index (κ1) is 10.1. The molecule has 12 heavy (non-hydrogen) atoms. The number of rotatable bonds is 4. The molecule has 0 aromatic heterocycles. The van der Waals surface area contributed by atoms with Gasteiger partial charge in [-0.2, -0.15) is 0 Å². The van der Waals surface area contributed by atoms with Crippen LogP contribution in [0.4, 0.5) is 0 Å². The van der Waals surface area contributed by atoms with Gasteiger partial charge in [-0.3, -0.25) is 0 Å². The second kappa shape index (κ2) is 5.60. The molecule has 1 aromatic rings. The van der Waals surface area contributed by atoms with Gasteiger partial charge in [-0.05, 0) is 0 Å². The number of para-hydroxylation sites is 1. The summed E-state index contributed by atoms with van der Waals surface area (Å²) in [5, 5.41) is 0. The third-order valence-corrected chi connectivity index (χ3v) is 7.39. The number of hydrogen-bond donors (Lipinski definition) is 0. The van der Waals surface area contributed by atoms with Gasteiger partial charge in [-0.15, -0.1) is 0 Å². The zero-order chi connectivity index (χ0) is 8.81. The Morgan fingerprint density at radius 2 is 2.25 bits per heavy atom. The van der Waals surface area contributed by atoms with Gasteiger partial charge in [0, 0.05) is 0 Å². The number of halogens is 1. The van der Waals surface area contributed by atoms with E-state index in [1.165, 1.54) is 3.07 Å². The van der Waals surface area contributed by atoms with Crippen molar-refractivity contribution in [1.82, 2.24) is 0 Å². The summed E-state index contributed by atoms with van der Waals surface area (Å²) in [6, 6.07) is 7.97. The first-order valence-electron chi connectivity index (χ1n) is 3.76. The Balaban J connectivity index is 2.74. The van der Waals surface area contributed by atoms with E-state index in [0.717, 1.165) is 5.75 Å². The molecule has 0 unspecified atom stereocenters. The quantitative estimate of drug-likeness (QED) is 0.584. The monoisotopic (exact) mass is 370 g/mol. The van der Waals surface area contributed by atoms with Crippen LogP contribution >= 0.6 is 8.25 Å². The standard InChI is InChI=1S/C9H9O.ClH.Hg/c1-2-8-10-9-6-4-3-5-7-9;;/h2-6H,1,8H2;1H;/q;;+1/p-1. The summed E-state index contributed by atoms with van der Waals surface area (Å²) in [6.45, 7) is 4.15. The van der Waals surface area contributed by atoms with Gasteiger partial charge in [-0.1, -0.05) is 0 Å². The average molecular weight is 369 g/mol. The fourth-order valence-corrected chi connectivity index (χ4v) is 5.08. The topological polar surface area (TPSA) is 9.23 Å². The maximum atomic E-state index is 5.93. The molecule has 0 aliphatic heterocycles. The van der Waals surface area contributed by atoms with Crippen LogP contribution in [-0.4, -0.2) is 6.61 Å². The number of benzene rings is 1. The molecule has 3 heteroatoms. The van der Waals surface area contributed by atoms with Crippen LogP contribution in [0.1, 0.15) is 0 Å². The SMILES string of the molecule is C=CCOc1cccc[c]1[Hg][Cl]. The number of ether oxygens (including phenoxy) is 1. The van der Waals surface area contributed by atoms with Crippen LogP contribution < -0.4 is 7.81 Å². The Hall–Kier alpha value is -0.0149. The molecular weight excluding hydrogens is 360 g/mol. The van der Waals surface area contributed by atoms with Crippen LogP contribution in [0.5, 0.6) is 5.75 Å². The van der Waals surface area contributed by atoms with Gasteiger partial charge in [0.05, 0.1) is 0 Å². The van der Waals surface area contributed by atoms with Crippen molar-refractivity contribution in [2.24, 2.45) is 0 Å². The molecule has 0 aliphatic carbocycles. The molecule has 0 aliphatic rings. The van der Waals surface area contributed by atoms with Crippen LogP contribution in [0.2, 0.25) is 0 Å². The molecular formula is C9H9ClHgO. The van der Waals surface area contributed by atoms with E-state index in [9.17, 15) is 0 Å². The summed E-state index contributed by atoms with van der Waals surface area (Å²) in [5.74, 6) is 0.939. The van der Waals surface area contributed by atoms with Crippen molar-refractivity contribution in [1.29, 1.82) is 0 Å². The summed E-state index contributed by atoms with van der Waals surface area (Å²) < 4.78 is 6.67. The summed E-state index contributed by atoms with van der Waals surface area (Å²) in [6.07, 6.45) is 1.74. The molecule has 1 aromatic carbocycles. The summed E-state index contributed by atoms with van der Waals surface area (Å²) in [4.78, 5) is 0. The first-order chi connectivity index (χ1) is 5.88. The van der Waals surface area contributed by atoms with Gasteiger partial charge >= 0.3 is 88.7 Å². The van der Waals surface area contributed by atoms with E-state index in [2.05, 4.69) is 6.58 Å². The molecule has 1 nitrogen and oxygen atoms in total. The minimum atomic E-state index is -1.33. The second-order valence-corrected chi connectivity index (χ2v) is 8.69. The van der Waals surface area contributed by atoms with E-state index < -0.39 is 23.3 Å². The normalized spacial score (nSPS) is 8.75. The van der Waals surface area contributed by atoms with Crippen molar-refractivity contribution in [3.63, 3.8) is 0 Å². The van der Waals surface area contributed by atoms with Crippen molar-refractivity contribution >= 4 is 11.3 Å². The van der Waals surface area contributed by atoms with E-state index in [1.807, 2.05) is 24.3 Å². The third-order valence-electron chi connectivity index (χ3n) is 1.47. The Morgan fingerprint density at radius 3 is 2.92 bits per heavy atom. The molecule has 0 bridgehead atoms. The van der Waals surface area contributed by atoms with Crippen LogP contribution in [-0.2, 0) is 23.3 Å². The van der Waals surface area contributed by atoms with Gasteiger partial charge in [0.2, 0.25) is 0 Å². The molecule has 0 heterocycles.